The molecule has 0 radical (unpaired) electrons. The first-order valence-electron chi connectivity index (χ1n) is 9.27. The number of hydrogen-bond donors (Lipinski definition) is 2. The molecule has 5 rings (SSSR count). The third-order valence-electron chi connectivity index (χ3n) is 5.62. The van der Waals surface area contributed by atoms with Crippen LogP contribution in [0.25, 0.3) is 10.9 Å². The molecule has 0 saturated carbocycles. The second-order valence-electron chi connectivity index (χ2n) is 7.36. The van der Waals surface area contributed by atoms with Gasteiger partial charge in [0.15, 0.2) is 0 Å². The molecule has 5 nitrogen and oxygen atoms in total. The molecule has 2 aliphatic rings. The van der Waals surface area contributed by atoms with Crippen molar-refractivity contribution in [3.05, 3.63) is 53.5 Å². The number of aromatic amines is 1. The van der Waals surface area contributed by atoms with Crippen LogP contribution in [0.2, 0.25) is 0 Å². The monoisotopic (exact) mass is 336 g/mol. The van der Waals surface area contributed by atoms with E-state index in [0.29, 0.717) is 12.1 Å². The molecule has 1 aromatic carbocycles. The summed E-state index contributed by atoms with van der Waals surface area (Å²) in [5.74, 6) is 0. The minimum Gasteiger partial charge on any atom is -0.381 e. The predicted octanol–water partition coefficient (Wildman–Crippen LogP) is 3.34. The van der Waals surface area contributed by atoms with Gasteiger partial charge < -0.3 is 15.0 Å². The Balaban J connectivity index is 1.53. The van der Waals surface area contributed by atoms with Crippen molar-refractivity contribution in [2.75, 3.05) is 13.2 Å². The van der Waals surface area contributed by atoms with Gasteiger partial charge in [0.25, 0.3) is 0 Å². The van der Waals surface area contributed by atoms with Crippen LogP contribution in [0.15, 0.2) is 36.7 Å². The van der Waals surface area contributed by atoms with E-state index in [-0.39, 0.29) is 6.04 Å². The molecule has 25 heavy (non-hydrogen) atoms. The Bertz CT molecular complexity index is 890. The maximum atomic E-state index is 5.48. The maximum absolute atomic E-state index is 5.48. The summed E-state index contributed by atoms with van der Waals surface area (Å²) in [6.07, 6.45) is 7.41. The van der Waals surface area contributed by atoms with Crippen molar-refractivity contribution in [2.24, 2.45) is 0 Å². The van der Waals surface area contributed by atoms with E-state index >= 15 is 0 Å². The van der Waals surface area contributed by atoms with Crippen molar-refractivity contribution in [1.29, 1.82) is 0 Å². The Morgan fingerprint density at radius 2 is 2.04 bits per heavy atom. The summed E-state index contributed by atoms with van der Waals surface area (Å²) < 4.78 is 7.62. The van der Waals surface area contributed by atoms with Crippen molar-refractivity contribution < 1.29 is 4.74 Å². The normalized spacial score (nSPS) is 24.5. The molecule has 2 aliphatic heterocycles. The number of rotatable bonds is 2. The maximum Gasteiger partial charge on any atom is 0.0765 e. The van der Waals surface area contributed by atoms with E-state index in [1.165, 1.54) is 27.7 Å². The molecule has 2 atom stereocenters. The lowest BCUT2D eigenvalue weighted by molar-refractivity contribution is 0.0662. The lowest BCUT2D eigenvalue weighted by atomic mass is 9.92. The van der Waals surface area contributed by atoms with Gasteiger partial charge in [0.05, 0.1) is 18.3 Å². The van der Waals surface area contributed by atoms with E-state index in [0.717, 1.165) is 32.5 Å². The van der Waals surface area contributed by atoms with Crippen molar-refractivity contribution >= 4 is 10.9 Å². The number of nitrogens with one attached hydrogen (secondary N) is 2. The number of nitrogens with zero attached hydrogens (tertiary/aromatic N) is 2. The quantitative estimate of drug-likeness (QED) is 0.755. The van der Waals surface area contributed by atoms with Gasteiger partial charge in [-0.3, -0.25) is 4.68 Å². The smallest absolute Gasteiger partial charge is 0.0765 e. The van der Waals surface area contributed by atoms with E-state index in [2.05, 4.69) is 57.5 Å². The van der Waals surface area contributed by atoms with Gasteiger partial charge in [0.1, 0.15) is 0 Å². The first kappa shape index (κ1) is 15.2. The van der Waals surface area contributed by atoms with Gasteiger partial charge in [-0.1, -0.05) is 18.2 Å². The van der Waals surface area contributed by atoms with Crippen LogP contribution in [-0.4, -0.2) is 34.0 Å². The molecular weight excluding hydrogens is 312 g/mol. The van der Waals surface area contributed by atoms with Crippen LogP contribution in [0, 0.1) is 0 Å². The fraction of sp³-hybridized carbons (Fsp3) is 0.450. The highest BCUT2D eigenvalue weighted by Gasteiger charge is 2.30. The van der Waals surface area contributed by atoms with Crippen molar-refractivity contribution in [3.8, 4) is 0 Å². The first-order valence-corrected chi connectivity index (χ1v) is 9.27. The van der Waals surface area contributed by atoms with E-state index in [1.54, 1.807) is 0 Å². The molecule has 5 heteroatoms. The van der Waals surface area contributed by atoms with Crippen LogP contribution in [0.3, 0.4) is 0 Å². The zero-order valence-corrected chi connectivity index (χ0v) is 14.5. The standard InChI is InChI=1S/C20H24N4O/c1-13-10-17-16-4-2-3-5-18(16)23-20(17)19(22-13)14-11-21-24(12-14)15-6-8-25-9-7-15/h2-5,11-13,15,19,22-23H,6-10H2,1H3/t13-,19?/m0/s1. The summed E-state index contributed by atoms with van der Waals surface area (Å²) >= 11 is 0. The molecule has 0 amide bonds. The Labute approximate surface area is 147 Å². The fourth-order valence-corrected chi connectivity index (χ4v) is 4.33. The van der Waals surface area contributed by atoms with Gasteiger partial charge in [-0.15, -0.1) is 0 Å². The van der Waals surface area contributed by atoms with Gasteiger partial charge in [0, 0.05) is 47.6 Å². The molecule has 0 spiro atoms. The minimum absolute atomic E-state index is 0.180. The van der Waals surface area contributed by atoms with Crippen molar-refractivity contribution in [3.63, 3.8) is 0 Å². The Hall–Kier alpha value is -2.11. The fourth-order valence-electron chi connectivity index (χ4n) is 4.33. The average molecular weight is 336 g/mol. The molecule has 0 bridgehead atoms. The predicted molar refractivity (Wildman–Crippen MR) is 97.8 cm³/mol. The molecule has 2 N–H and O–H groups in total. The van der Waals surface area contributed by atoms with E-state index in [9.17, 15) is 0 Å². The van der Waals surface area contributed by atoms with Crippen LogP contribution < -0.4 is 5.32 Å². The Kier molecular flexibility index (Phi) is 3.64. The molecule has 130 valence electrons. The van der Waals surface area contributed by atoms with Crippen LogP contribution in [-0.2, 0) is 11.2 Å². The van der Waals surface area contributed by atoms with Crippen LogP contribution >= 0.6 is 0 Å². The molecule has 4 heterocycles. The molecule has 2 aromatic heterocycles. The SMILES string of the molecule is C[C@H]1Cc2c([nH]c3ccccc23)C(c2cnn(C3CCOCC3)c2)N1. The highest BCUT2D eigenvalue weighted by molar-refractivity contribution is 5.85. The molecule has 3 aromatic rings. The number of benzene rings is 1. The third-order valence-corrected chi connectivity index (χ3v) is 5.62. The Morgan fingerprint density at radius 1 is 1.20 bits per heavy atom. The summed E-state index contributed by atoms with van der Waals surface area (Å²) in [5, 5.41) is 9.79. The summed E-state index contributed by atoms with van der Waals surface area (Å²) in [7, 11) is 0. The molecule has 1 saturated heterocycles. The van der Waals surface area contributed by atoms with E-state index in [4.69, 9.17) is 4.74 Å². The van der Waals surface area contributed by atoms with Gasteiger partial charge in [-0.05, 0) is 37.8 Å². The molecule has 0 aliphatic carbocycles. The number of aromatic nitrogens is 3. The van der Waals surface area contributed by atoms with Crippen LogP contribution in [0.4, 0.5) is 0 Å². The van der Waals surface area contributed by atoms with Crippen molar-refractivity contribution in [1.82, 2.24) is 20.1 Å². The Morgan fingerprint density at radius 3 is 2.92 bits per heavy atom. The summed E-state index contributed by atoms with van der Waals surface area (Å²) in [5.41, 5.74) is 5.22. The number of H-pyrrole nitrogens is 1. The minimum atomic E-state index is 0.180. The second kappa shape index (κ2) is 6.00. The highest BCUT2D eigenvalue weighted by atomic mass is 16.5. The zero-order valence-electron chi connectivity index (χ0n) is 14.5. The number of hydrogen-bond acceptors (Lipinski definition) is 3. The molecule has 1 fully saturated rings. The van der Waals surface area contributed by atoms with Crippen LogP contribution in [0.1, 0.15) is 48.7 Å². The van der Waals surface area contributed by atoms with Gasteiger partial charge in [-0.25, -0.2) is 0 Å². The van der Waals surface area contributed by atoms with E-state index in [1.807, 2.05) is 6.20 Å². The molecular formula is C20H24N4O. The first-order chi connectivity index (χ1) is 12.3. The summed E-state index contributed by atoms with van der Waals surface area (Å²) in [6, 6.07) is 9.71. The molecule has 1 unspecified atom stereocenters. The van der Waals surface area contributed by atoms with E-state index < -0.39 is 0 Å². The van der Waals surface area contributed by atoms with Crippen molar-refractivity contribution in [2.45, 2.75) is 44.3 Å². The third kappa shape index (κ3) is 2.58. The van der Waals surface area contributed by atoms with Gasteiger partial charge in [-0.2, -0.15) is 5.10 Å². The van der Waals surface area contributed by atoms with Gasteiger partial charge >= 0.3 is 0 Å². The lowest BCUT2D eigenvalue weighted by Crippen LogP contribution is -2.37. The number of ether oxygens (including phenoxy) is 1. The lowest BCUT2D eigenvalue weighted by Gasteiger charge is -2.29. The van der Waals surface area contributed by atoms with Crippen LogP contribution in [0.5, 0.6) is 0 Å². The summed E-state index contributed by atoms with van der Waals surface area (Å²) in [4.78, 5) is 3.65. The average Bonchev–Trinajstić information content (AvgIpc) is 3.27. The number of para-hydroxylation sites is 1. The highest BCUT2D eigenvalue weighted by Crippen LogP contribution is 2.35. The second-order valence-corrected chi connectivity index (χ2v) is 7.36. The zero-order chi connectivity index (χ0) is 16.8. The number of fused-ring (bicyclic) bond motifs is 3. The van der Waals surface area contributed by atoms with Gasteiger partial charge in [0.2, 0.25) is 0 Å². The topological polar surface area (TPSA) is 54.9 Å². The largest absolute Gasteiger partial charge is 0.381 e. The summed E-state index contributed by atoms with van der Waals surface area (Å²) in [6.45, 7) is 3.94.